The Bertz CT molecular complexity index is 202. The number of hydrogen-bond donors (Lipinski definition) is 1. The lowest BCUT2D eigenvalue weighted by Gasteiger charge is -2.26. The summed E-state index contributed by atoms with van der Waals surface area (Å²) in [5.74, 6) is -1.23. The van der Waals surface area contributed by atoms with Gasteiger partial charge in [-0.1, -0.05) is 6.92 Å². The number of hydrogen-bond acceptors (Lipinski definition) is 3. The molecule has 0 aliphatic carbocycles. The van der Waals surface area contributed by atoms with Crippen molar-refractivity contribution in [3.8, 4) is 0 Å². The van der Waals surface area contributed by atoms with E-state index in [0.29, 0.717) is 6.54 Å². The summed E-state index contributed by atoms with van der Waals surface area (Å²) in [5.41, 5.74) is 0. The highest BCUT2D eigenvalue weighted by atomic mass is 16.4. The average molecular weight is 188 g/mol. The maximum Gasteiger partial charge on any atom is 0.416 e. The second kappa shape index (κ2) is 4.81. The molecule has 5 nitrogen and oxygen atoms in total. The minimum absolute atomic E-state index is 0.234. The predicted octanol–water partition coefficient (Wildman–Crippen LogP) is -1.07. The third-order valence-electron chi connectivity index (χ3n) is 1.60. The first kappa shape index (κ1) is 11.9. The fourth-order valence-electron chi connectivity index (χ4n) is 0.841. The molecule has 0 aromatic heterocycles. The zero-order valence-electron chi connectivity index (χ0n) is 8.29. The van der Waals surface area contributed by atoms with Crippen LogP contribution in [-0.4, -0.2) is 43.7 Å². The van der Waals surface area contributed by atoms with Gasteiger partial charge in [0.05, 0.1) is 20.1 Å². The molecule has 1 N–H and O–H groups in total. The van der Waals surface area contributed by atoms with Crippen molar-refractivity contribution in [3.05, 3.63) is 0 Å². The highest BCUT2D eigenvalue weighted by molar-refractivity contribution is 5.72. The molecule has 0 rings (SSSR count). The molecule has 0 atom stereocenters. The Labute approximate surface area is 77.9 Å². The summed E-state index contributed by atoms with van der Waals surface area (Å²) in [5, 5.41) is 12.9. The summed E-state index contributed by atoms with van der Waals surface area (Å²) in [6, 6.07) is -0.300. The summed E-state index contributed by atoms with van der Waals surface area (Å²) in [4.78, 5) is 21.6. The zero-order valence-corrected chi connectivity index (χ0v) is 8.29. The van der Waals surface area contributed by atoms with E-state index < -0.39 is 5.97 Å². The molecule has 0 unspecified atom stereocenters. The summed E-state index contributed by atoms with van der Waals surface area (Å²) < 4.78 is -0.234. The van der Waals surface area contributed by atoms with Crippen molar-refractivity contribution in [2.75, 3.05) is 27.2 Å². The van der Waals surface area contributed by atoms with Crippen LogP contribution in [0.25, 0.3) is 0 Å². The fourth-order valence-corrected chi connectivity index (χ4v) is 0.841. The number of nitrogens with zero attached hydrogens (tertiary/aromatic N) is 1. The van der Waals surface area contributed by atoms with E-state index >= 15 is 0 Å². The number of rotatable bonds is 4. The smallest absolute Gasteiger partial charge is 0.416 e. The number of quaternary nitrogens is 1. The first-order valence-electron chi connectivity index (χ1n) is 4.21. The largest absolute Gasteiger partial charge is 0.544 e. The van der Waals surface area contributed by atoms with Gasteiger partial charge in [-0.15, -0.1) is 0 Å². The molecule has 0 aliphatic rings. The molecular weight excluding hydrogens is 172 g/mol. The van der Waals surface area contributed by atoms with Crippen LogP contribution in [0, 0.1) is 0 Å². The molecule has 0 aromatic rings. The van der Waals surface area contributed by atoms with Gasteiger partial charge < -0.3 is 15.2 Å². The number of likely N-dealkylation sites (N-methyl/N-ethyl adjacent to an activating group) is 1. The van der Waals surface area contributed by atoms with E-state index in [1.165, 1.54) is 14.1 Å². The number of urea groups is 1. The van der Waals surface area contributed by atoms with E-state index in [4.69, 9.17) is 0 Å². The van der Waals surface area contributed by atoms with Gasteiger partial charge in [0.1, 0.15) is 6.54 Å². The SMILES string of the molecule is CCCNC(=O)[N+](C)(C)CC(=O)[O-]. The van der Waals surface area contributed by atoms with E-state index in [0.717, 1.165) is 6.42 Å². The Morgan fingerprint density at radius 1 is 1.38 bits per heavy atom. The summed E-state index contributed by atoms with van der Waals surface area (Å²) in [6.45, 7) is 2.18. The lowest BCUT2D eigenvalue weighted by molar-refractivity contribution is -0.803. The van der Waals surface area contributed by atoms with Crippen LogP contribution in [0.3, 0.4) is 0 Å². The molecule has 2 amide bonds. The molecule has 0 aromatic carbocycles. The van der Waals surface area contributed by atoms with Gasteiger partial charge in [-0.05, 0) is 6.42 Å². The number of carboxylic acid groups (broad SMARTS) is 1. The highest BCUT2D eigenvalue weighted by Gasteiger charge is 2.25. The van der Waals surface area contributed by atoms with Crippen LogP contribution in [0.4, 0.5) is 4.79 Å². The van der Waals surface area contributed by atoms with E-state index in [-0.39, 0.29) is 17.1 Å². The molecule has 13 heavy (non-hydrogen) atoms. The lowest BCUT2D eigenvalue weighted by Crippen LogP contribution is -2.56. The number of amides is 2. The molecule has 0 saturated carbocycles. The molecule has 76 valence electrons. The highest BCUT2D eigenvalue weighted by Crippen LogP contribution is 1.96. The zero-order chi connectivity index (χ0) is 10.5. The van der Waals surface area contributed by atoms with E-state index in [2.05, 4.69) is 5.32 Å². The van der Waals surface area contributed by atoms with Crippen LogP contribution in [0.2, 0.25) is 0 Å². The van der Waals surface area contributed by atoms with Gasteiger partial charge in [-0.2, -0.15) is 0 Å². The molecule has 0 aliphatic heterocycles. The van der Waals surface area contributed by atoms with Crippen LogP contribution >= 0.6 is 0 Å². The lowest BCUT2D eigenvalue weighted by atomic mass is 10.4. The first-order chi connectivity index (χ1) is 5.90. The van der Waals surface area contributed by atoms with Crippen molar-refractivity contribution in [1.82, 2.24) is 5.32 Å². The van der Waals surface area contributed by atoms with E-state index in [1.54, 1.807) is 0 Å². The van der Waals surface area contributed by atoms with Gasteiger partial charge in [0, 0.05) is 6.54 Å². The van der Waals surface area contributed by atoms with Gasteiger partial charge >= 0.3 is 6.03 Å². The molecule has 0 heterocycles. The van der Waals surface area contributed by atoms with Crippen LogP contribution in [0.15, 0.2) is 0 Å². The normalized spacial score (nSPS) is 11.0. The third-order valence-corrected chi connectivity index (χ3v) is 1.60. The molecule has 0 bridgehead atoms. The topological polar surface area (TPSA) is 69.2 Å². The quantitative estimate of drug-likeness (QED) is 0.571. The van der Waals surface area contributed by atoms with Crippen LogP contribution in [-0.2, 0) is 4.79 Å². The van der Waals surface area contributed by atoms with Crippen LogP contribution < -0.4 is 10.4 Å². The van der Waals surface area contributed by atoms with Crippen molar-refractivity contribution in [2.24, 2.45) is 0 Å². The van der Waals surface area contributed by atoms with Crippen LogP contribution in [0.5, 0.6) is 0 Å². The van der Waals surface area contributed by atoms with Crippen molar-refractivity contribution in [2.45, 2.75) is 13.3 Å². The second-order valence-electron chi connectivity index (χ2n) is 3.45. The Hall–Kier alpha value is -1.10. The van der Waals surface area contributed by atoms with Gasteiger partial charge in [-0.3, -0.25) is 0 Å². The number of carbonyl (C=O) groups excluding carboxylic acids is 2. The summed E-state index contributed by atoms with van der Waals surface area (Å²) in [7, 11) is 3.06. The Morgan fingerprint density at radius 2 is 1.92 bits per heavy atom. The van der Waals surface area contributed by atoms with Crippen molar-refractivity contribution >= 4 is 12.0 Å². The van der Waals surface area contributed by atoms with Crippen molar-refractivity contribution < 1.29 is 19.2 Å². The molecule has 0 spiro atoms. The Balaban J connectivity index is 4.10. The summed E-state index contributed by atoms with van der Waals surface area (Å²) in [6.07, 6.45) is 0.830. The van der Waals surface area contributed by atoms with E-state index in [9.17, 15) is 14.7 Å². The molecule has 0 radical (unpaired) electrons. The van der Waals surface area contributed by atoms with Crippen LogP contribution in [0.1, 0.15) is 13.3 Å². The van der Waals surface area contributed by atoms with Gasteiger partial charge in [0.25, 0.3) is 0 Å². The predicted molar refractivity (Wildman–Crippen MR) is 45.7 cm³/mol. The standard InChI is InChI=1S/C8H16N2O3/c1-4-5-9-8(13)10(2,3)6-7(11)12/h4-6H2,1-3H3,(H-,9,11,12,13). The molecule has 0 saturated heterocycles. The maximum absolute atomic E-state index is 11.3. The first-order valence-corrected chi connectivity index (χ1v) is 4.21. The van der Waals surface area contributed by atoms with Crippen molar-refractivity contribution in [3.63, 3.8) is 0 Å². The average Bonchev–Trinajstić information content (AvgIpc) is 1.97. The van der Waals surface area contributed by atoms with Gasteiger partial charge in [0.15, 0.2) is 0 Å². The molecule has 5 heteroatoms. The maximum atomic E-state index is 11.3. The van der Waals surface area contributed by atoms with Crippen molar-refractivity contribution in [1.29, 1.82) is 0 Å². The minimum atomic E-state index is -1.23. The molecule has 0 fully saturated rings. The number of carboxylic acids is 1. The Kier molecular flexibility index (Phi) is 4.40. The second-order valence-corrected chi connectivity index (χ2v) is 3.45. The monoisotopic (exact) mass is 188 g/mol. The summed E-state index contributed by atoms with van der Waals surface area (Å²) >= 11 is 0. The Morgan fingerprint density at radius 3 is 2.31 bits per heavy atom. The number of aliphatic carboxylic acids is 1. The number of nitrogens with one attached hydrogen (secondary N) is 1. The fraction of sp³-hybridized carbons (Fsp3) is 0.750. The molecular formula is C8H16N2O3. The third kappa shape index (κ3) is 4.47. The van der Waals surface area contributed by atoms with E-state index in [1.807, 2.05) is 6.92 Å². The van der Waals surface area contributed by atoms with Gasteiger partial charge in [-0.25, -0.2) is 9.28 Å². The van der Waals surface area contributed by atoms with Gasteiger partial charge in [0.2, 0.25) is 0 Å². The minimum Gasteiger partial charge on any atom is -0.544 e. The number of carbonyl (C=O) groups is 2.